The van der Waals surface area contributed by atoms with Gasteiger partial charge >= 0.3 is 5.56 Å². The number of rotatable bonds is 4. The molecule has 0 atom stereocenters. The molecule has 7 heteroatoms. The number of nitrogens with zero attached hydrogens (tertiary/aromatic N) is 3. The second-order valence-electron chi connectivity index (χ2n) is 4.37. The predicted molar refractivity (Wildman–Crippen MR) is 88.7 cm³/mol. The van der Waals surface area contributed by atoms with Crippen LogP contribution in [0.3, 0.4) is 0 Å². The van der Waals surface area contributed by atoms with Gasteiger partial charge in [0.2, 0.25) is 5.75 Å². The first-order valence-electron chi connectivity index (χ1n) is 6.61. The van der Waals surface area contributed by atoms with E-state index in [1.165, 1.54) is 15.7 Å². The molecule has 3 rings (SSSR count). The summed E-state index contributed by atoms with van der Waals surface area (Å²) in [6.07, 6.45) is 8.56. The number of pyridine rings is 1. The molecule has 0 saturated carbocycles. The van der Waals surface area contributed by atoms with Crippen LogP contribution in [0.2, 0.25) is 4.34 Å². The van der Waals surface area contributed by atoms with E-state index in [1.807, 2.05) is 25.1 Å². The quantitative estimate of drug-likeness (QED) is 0.734. The van der Waals surface area contributed by atoms with Crippen molar-refractivity contribution in [3.8, 4) is 5.75 Å². The highest BCUT2D eigenvalue weighted by Gasteiger charge is 2.14. The molecule has 112 valence electrons. The number of hydrogen-bond donors (Lipinski definition) is 0. The number of hydrogen-bond acceptors (Lipinski definition) is 5. The van der Waals surface area contributed by atoms with E-state index in [-0.39, 0.29) is 11.3 Å². The summed E-state index contributed by atoms with van der Waals surface area (Å²) in [4.78, 5) is 21.5. The van der Waals surface area contributed by atoms with Gasteiger partial charge in [-0.2, -0.15) is 0 Å². The van der Waals surface area contributed by atoms with Gasteiger partial charge in [0.1, 0.15) is 10.0 Å². The highest BCUT2D eigenvalue weighted by atomic mass is 35.5. The molecule has 0 bridgehead atoms. The van der Waals surface area contributed by atoms with Crippen molar-refractivity contribution in [2.24, 2.45) is 0 Å². The first-order valence-corrected chi connectivity index (χ1v) is 7.81. The van der Waals surface area contributed by atoms with Gasteiger partial charge in [-0.25, -0.2) is 4.98 Å². The van der Waals surface area contributed by atoms with Gasteiger partial charge in [-0.1, -0.05) is 35.1 Å². The maximum atomic E-state index is 12.5. The first kappa shape index (κ1) is 14.7. The van der Waals surface area contributed by atoms with Crippen molar-refractivity contribution in [2.75, 3.05) is 6.61 Å². The lowest BCUT2D eigenvalue weighted by molar-refractivity contribution is 0.332. The summed E-state index contributed by atoms with van der Waals surface area (Å²) in [5, 5.41) is 0. The fraction of sp³-hybridized carbons (Fsp3) is 0.133. The third-order valence-electron chi connectivity index (χ3n) is 2.89. The molecule has 3 aromatic heterocycles. The molecular formula is C15H12ClN3O2S. The van der Waals surface area contributed by atoms with Crippen molar-refractivity contribution in [1.82, 2.24) is 14.4 Å². The molecule has 0 aliphatic heterocycles. The fourth-order valence-corrected chi connectivity index (χ4v) is 2.97. The molecule has 3 aromatic rings. The lowest BCUT2D eigenvalue weighted by Crippen LogP contribution is -2.17. The molecule has 0 saturated heterocycles. The lowest BCUT2D eigenvalue weighted by atomic mass is 10.2. The highest BCUT2D eigenvalue weighted by Crippen LogP contribution is 2.23. The molecule has 0 fully saturated rings. The number of ether oxygens (including phenoxy) is 1. The molecule has 0 spiro atoms. The molecule has 22 heavy (non-hydrogen) atoms. The molecule has 5 nitrogen and oxygen atoms in total. The predicted octanol–water partition coefficient (Wildman–Crippen LogP) is 3.37. The molecule has 0 unspecified atom stereocenters. The number of halogens is 1. The van der Waals surface area contributed by atoms with Crippen molar-refractivity contribution < 1.29 is 4.74 Å². The highest BCUT2D eigenvalue weighted by molar-refractivity contribution is 7.20. The summed E-state index contributed by atoms with van der Waals surface area (Å²) >= 11 is 7.21. The monoisotopic (exact) mass is 333 g/mol. The van der Waals surface area contributed by atoms with Crippen LogP contribution in [0.4, 0.5) is 0 Å². The van der Waals surface area contributed by atoms with Crippen LogP contribution in [-0.4, -0.2) is 21.0 Å². The van der Waals surface area contributed by atoms with Gasteiger partial charge in [0.25, 0.3) is 0 Å². The maximum Gasteiger partial charge on any atom is 0.301 e. The van der Waals surface area contributed by atoms with Crippen molar-refractivity contribution >= 4 is 40.1 Å². The molecular weight excluding hydrogens is 322 g/mol. The minimum Gasteiger partial charge on any atom is -0.487 e. The minimum atomic E-state index is -0.263. The van der Waals surface area contributed by atoms with Gasteiger partial charge in [-0.15, -0.1) is 0 Å². The van der Waals surface area contributed by atoms with Crippen LogP contribution in [0, 0.1) is 0 Å². The van der Waals surface area contributed by atoms with E-state index < -0.39 is 0 Å². The van der Waals surface area contributed by atoms with Gasteiger partial charge in [0.05, 0.1) is 6.61 Å². The van der Waals surface area contributed by atoms with Crippen molar-refractivity contribution in [3.63, 3.8) is 0 Å². The van der Waals surface area contributed by atoms with Crippen molar-refractivity contribution in [3.05, 3.63) is 56.7 Å². The molecule has 0 aliphatic carbocycles. The van der Waals surface area contributed by atoms with E-state index in [4.69, 9.17) is 16.3 Å². The summed E-state index contributed by atoms with van der Waals surface area (Å²) in [6.45, 7) is 2.21. The van der Waals surface area contributed by atoms with Crippen LogP contribution in [0.15, 0.2) is 35.5 Å². The Hall–Kier alpha value is -2.18. The standard InChI is InChI=1S/C15H12ClN3O2S/c1-2-21-13-11(6-5-10-4-3-7-17-8-10)18-15-19(14(13)20)9-12(16)22-15/h3-9H,2H2,1H3. The average Bonchev–Trinajstić information content (AvgIpc) is 2.90. The molecule has 3 heterocycles. The molecule has 0 amide bonds. The third-order valence-corrected chi connectivity index (χ3v) is 3.99. The Morgan fingerprint density at radius 1 is 1.45 bits per heavy atom. The molecule has 0 aromatic carbocycles. The zero-order valence-corrected chi connectivity index (χ0v) is 13.3. The lowest BCUT2D eigenvalue weighted by Gasteiger charge is -2.06. The van der Waals surface area contributed by atoms with Crippen LogP contribution in [0.5, 0.6) is 5.75 Å². The SMILES string of the molecule is CCOc1c(C=Cc2cccnc2)nc2sc(Cl)cn2c1=O. The van der Waals surface area contributed by atoms with E-state index in [9.17, 15) is 4.79 Å². The number of aromatic nitrogens is 3. The van der Waals surface area contributed by atoms with Crippen LogP contribution >= 0.6 is 22.9 Å². The van der Waals surface area contributed by atoms with E-state index in [0.29, 0.717) is 21.6 Å². The zero-order valence-electron chi connectivity index (χ0n) is 11.7. The van der Waals surface area contributed by atoms with Gasteiger partial charge in [-0.05, 0) is 24.6 Å². The normalized spacial score (nSPS) is 11.4. The van der Waals surface area contributed by atoms with Crippen LogP contribution in [-0.2, 0) is 0 Å². The number of thiazole rings is 1. The Balaban J connectivity index is 2.12. The summed E-state index contributed by atoms with van der Waals surface area (Å²) in [5.41, 5.74) is 1.13. The molecule has 0 radical (unpaired) electrons. The van der Waals surface area contributed by atoms with Crippen molar-refractivity contribution in [1.29, 1.82) is 0 Å². The van der Waals surface area contributed by atoms with Gasteiger partial charge in [-0.3, -0.25) is 14.2 Å². The second-order valence-corrected chi connectivity index (χ2v) is 6.01. The Morgan fingerprint density at radius 3 is 3.05 bits per heavy atom. The van der Waals surface area contributed by atoms with E-state index in [2.05, 4.69) is 9.97 Å². The Kier molecular flexibility index (Phi) is 4.22. The van der Waals surface area contributed by atoms with Gasteiger partial charge < -0.3 is 4.74 Å². The largest absolute Gasteiger partial charge is 0.487 e. The van der Waals surface area contributed by atoms with Crippen LogP contribution in [0.1, 0.15) is 18.2 Å². The van der Waals surface area contributed by atoms with Crippen molar-refractivity contribution in [2.45, 2.75) is 6.92 Å². The van der Waals surface area contributed by atoms with Gasteiger partial charge in [0.15, 0.2) is 4.96 Å². The Morgan fingerprint density at radius 2 is 2.32 bits per heavy atom. The second kappa shape index (κ2) is 6.29. The zero-order chi connectivity index (χ0) is 15.5. The minimum absolute atomic E-state index is 0.217. The summed E-state index contributed by atoms with van der Waals surface area (Å²) in [6, 6.07) is 3.75. The van der Waals surface area contributed by atoms with E-state index in [0.717, 1.165) is 5.56 Å². The van der Waals surface area contributed by atoms with E-state index in [1.54, 1.807) is 24.7 Å². The van der Waals surface area contributed by atoms with Gasteiger partial charge in [0, 0.05) is 18.6 Å². The topological polar surface area (TPSA) is 56.5 Å². The summed E-state index contributed by atoms with van der Waals surface area (Å²) in [7, 11) is 0. The smallest absolute Gasteiger partial charge is 0.301 e. The fourth-order valence-electron chi connectivity index (χ4n) is 1.96. The molecule has 0 N–H and O–H groups in total. The summed E-state index contributed by atoms with van der Waals surface area (Å²) in [5.74, 6) is 0.217. The third kappa shape index (κ3) is 2.88. The average molecular weight is 334 g/mol. The summed E-state index contributed by atoms with van der Waals surface area (Å²) < 4.78 is 7.38. The Bertz CT molecular complexity index is 887. The maximum absolute atomic E-state index is 12.5. The van der Waals surface area contributed by atoms with E-state index >= 15 is 0 Å². The Labute approximate surface area is 135 Å². The molecule has 0 aliphatic rings. The first-order chi connectivity index (χ1) is 10.7. The van der Waals surface area contributed by atoms with Crippen LogP contribution in [0.25, 0.3) is 17.1 Å². The van der Waals surface area contributed by atoms with Crippen LogP contribution < -0.4 is 10.3 Å². The number of fused-ring (bicyclic) bond motifs is 1.